The summed E-state index contributed by atoms with van der Waals surface area (Å²) in [5.41, 5.74) is 16.3. The van der Waals surface area contributed by atoms with Crippen molar-refractivity contribution in [1.29, 1.82) is 0 Å². The van der Waals surface area contributed by atoms with Gasteiger partial charge in [0.25, 0.3) is 5.95 Å². The lowest BCUT2D eigenvalue weighted by molar-refractivity contribution is -0.329. The number of anilines is 1. The molecule has 0 saturated carbocycles. The molecule has 26 N–H and O–H groups in total. The topological polar surface area (TPSA) is 619 Å². The first-order chi connectivity index (χ1) is 51.9. The highest BCUT2D eigenvalue weighted by Gasteiger charge is 2.52. The molecule has 38 nitrogen and oxygen atoms in total. The van der Waals surface area contributed by atoms with Crippen LogP contribution in [0.25, 0.3) is 11.1 Å². The average molecular weight is 1590 g/mol. The van der Waals surface area contributed by atoms with E-state index in [0.717, 1.165) is 52.8 Å². The summed E-state index contributed by atoms with van der Waals surface area (Å²) in [5, 5.41) is 127. The number of ether oxygens (including phenoxy) is 6. The number of carboxylic acids is 1. The highest BCUT2D eigenvalue weighted by molar-refractivity contribution is 7.99. The summed E-state index contributed by atoms with van der Waals surface area (Å²) in [6, 6.07) is 3.58. The molecule has 5 aromatic carbocycles. The van der Waals surface area contributed by atoms with Gasteiger partial charge in [-0.3, -0.25) is 39.0 Å². The van der Waals surface area contributed by atoms with Crippen LogP contribution in [-0.2, 0) is 52.6 Å². The second-order valence-corrected chi connectivity index (χ2v) is 29.1. The number of thioether (sulfide) groups is 1. The number of rotatable bonds is 23. The van der Waals surface area contributed by atoms with Gasteiger partial charge in [-0.05, 0) is 117 Å². The van der Waals surface area contributed by atoms with Crippen molar-refractivity contribution in [2.45, 2.75) is 168 Å². The third-order valence-corrected chi connectivity index (χ3v) is 20.4. The fourth-order valence-electron chi connectivity index (χ4n) is 12.9. The molecule has 7 amide bonds. The largest absolute Gasteiger partial charge is 0.508 e. The van der Waals surface area contributed by atoms with Gasteiger partial charge < -0.3 is 129 Å². The molecule has 18 unspecified atom stereocenters. The predicted octanol–water partition coefficient (Wildman–Crippen LogP) is -0.0850. The molecule has 110 heavy (non-hydrogen) atoms. The molecule has 5 aliphatic rings. The number of nitrogens with two attached hydrogens (primary N) is 5. The van der Waals surface area contributed by atoms with E-state index in [1.807, 2.05) is 13.8 Å². The number of hydrogen-bond acceptors (Lipinski definition) is 30. The molecule has 1 aromatic heterocycles. The number of primary amides is 2. The van der Waals surface area contributed by atoms with E-state index in [4.69, 9.17) is 80.5 Å². The van der Waals surface area contributed by atoms with Crippen LogP contribution in [0.5, 0.6) is 46.0 Å². The van der Waals surface area contributed by atoms with Gasteiger partial charge in [0.2, 0.25) is 58.5 Å². The van der Waals surface area contributed by atoms with Crippen LogP contribution in [0.2, 0.25) is 10.0 Å². The number of carbonyl (C=O) groups excluding carboxylic acids is 7. The van der Waals surface area contributed by atoms with Crippen LogP contribution in [0.3, 0.4) is 0 Å². The van der Waals surface area contributed by atoms with Gasteiger partial charge >= 0.3 is 5.97 Å². The second kappa shape index (κ2) is 34.0. The lowest BCUT2D eigenvalue weighted by Crippen LogP contribution is -2.64. The predicted molar refractivity (Wildman–Crippen MR) is 388 cm³/mol. The number of nitrogen functional groups attached to an aromatic ring is 2. The minimum absolute atomic E-state index is 0.0263. The zero-order valence-electron chi connectivity index (χ0n) is 59.4. The van der Waals surface area contributed by atoms with E-state index in [-0.39, 0.29) is 85.0 Å². The van der Waals surface area contributed by atoms with E-state index in [9.17, 15) is 74.7 Å². The number of hydrazine groups is 1. The number of fused-ring (bicyclic) bond motifs is 8. The standard InChI is InChI=1S/C69H83Cl2N15O23S/c1-24(2)13-37(77-6)61(98)81-50(63(100)78-36(59(73)96)21-45(72)90)52(91)28-8-11-40(34(70)15-28)105-42-17-30-18-43(56(42)109-66-57(108-46-22-69(5,74)58(95)26(4)104-46)55(94)54(93)44(107-66)23-110-68-85-84-67(83-75)86(68)76)106-41-12-9-29(16-35(41)71)53(92)51-64(101)80-49(65(102)103)33-19-31(87)20-39(89)47(33)32-14-27(7-10-38(32)88)48(62(99)82-51)79-60(97)25(30)3/h7-12,14-20,24-26,36-37,44,46,48-55,57-58,66,77,87-89,91-95H,13,21-23,74-76H2,1-6H3,(H2,72,90)(H2,73,96)(H,78,100)(H,79,97)(H,80,101)(H,81,98)(H,82,99)(H,83,84)(H,102,103). The Morgan fingerprint density at radius 3 is 2.15 bits per heavy atom. The maximum atomic E-state index is 15.4. The zero-order chi connectivity index (χ0) is 80.4. The van der Waals surface area contributed by atoms with E-state index >= 15 is 9.59 Å². The summed E-state index contributed by atoms with van der Waals surface area (Å²) in [6.07, 6.45) is -17.8. The number of carboxylic acid groups (broad SMARTS) is 1. The Kier molecular flexibility index (Phi) is 25.5. The van der Waals surface area contributed by atoms with E-state index < -0.39 is 208 Å². The van der Waals surface area contributed by atoms with Crippen LogP contribution in [0.1, 0.15) is 112 Å². The van der Waals surface area contributed by atoms with Gasteiger partial charge in [0, 0.05) is 40.5 Å². The molecule has 5 aliphatic heterocycles. The number of halogens is 2. The maximum absolute atomic E-state index is 15.4. The minimum atomic E-state index is -2.19. The molecule has 6 aromatic rings. The first kappa shape index (κ1) is 82.4. The highest BCUT2D eigenvalue weighted by Crippen LogP contribution is 2.50. The molecule has 8 bridgehead atoms. The maximum Gasteiger partial charge on any atom is 0.330 e. The summed E-state index contributed by atoms with van der Waals surface area (Å²) < 4.78 is 40.4. The normalized spacial score (nSPS) is 25.8. The molecule has 18 atom stereocenters. The van der Waals surface area contributed by atoms with Crippen molar-refractivity contribution in [3.8, 4) is 57.1 Å². The first-order valence-electron chi connectivity index (χ1n) is 34.0. The quantitative estimate of drug-likeness (QED) is 0.0226. The lowest BCUT2D eigenvalue weighted by atomic mass is 9.86. The van der Waals surface area contributed by atoms with Crippen molar-refractivity contribution < 1.29 is 113 Å². The van der Waals surface area contributed by atoms with E-state index in [2.05, 4.69) is 47.5 Å². The van der Waals surface area contributed by atoms with Gasteiger partial charge in [0.1, 0.15) is 77.3 Å². The number of phenols is 3. The number of aromatic nitrogens is 3. The SMILES string of the molecule is CNC(CC(C)C)C(=O)NC(C(=O)NC(CC(N)=O)C(N)=O)C(O)c1ccc(Oc2cc3cc(c2OC2OC(CSc4nnc(NN)n4N)C(O)C(O)C2OC2CC(C)(N)C(O)C(C)O2)Oc2ccc(cc2Cl)C(O)C2NC(=O)C(NC(=O)C3C)c3ccc(O)c(c3)-c3c(O)cc(O)cc3C(C(=O)O)NC2=O)c(Cl)c1. The average Bonchev–Trinajstić information content (AvgIpc) is 0.830. The zero-order valence-corrected chi connectivity index (χ0v) is 61.7. The fraction of sp³-hybridized carbons (Fsp3) is 0.420. The third-order valence-electron chi connectivity index (χ3n) is 18.8. The van der Waals surface area contributed by atoms with Gasteiger partial charge in [-0.1, -0.05) is 67.0 Å². The molecule has 6 heterocycles. The summed E-state index contributed by atoms with van der Waals surface area (Å²) in [7, 11) is 1.49. The molecule has 2 fully saturated rings. The Bertz CT molecular complexity index is 4520. The number of nitrogens with one attached hydrogen (secondary N) is 7. The van der Waals surface area contributed by atoms with Crippen molar-refractivity contribution in [1.82, 2.24) is 46.8 Å². The van der Waals surface area contributed by atoms with Crippen LogP contribution >= 0.6 is 35.0 Å². The molecule has 592 valence electrons. The Hall–Kier alpha value is -10.1. The molecule has 0 spiro atoms. The summed E-state index contributed by atoms with van der Waals surface area (Å²) in [5.74, 6) is -4.15. The number of aromatic hydroxyl groups is 3. The Morgan fingerprint density at radius 2 is 1.52 bits per heavy atom. The summed E-state index contributed by atoms with van der Waals surface area (Å²) in [4.78, 5) is 111. The van der Waals surface area contributed by atoms with E-state index in [0.29, 0.717) is 0 Å². The number of likely N-dealkylation sites (N-methyl/N-ethyl adjacent to an activating group) is 1. The Balaban J connectivity index is 1.16. The fourth-order valence-corrected chi connectivity index (χ4v) is 14.2. The number of hydrogen-bond donors (Lipinski definition) is 21. The smallest absolute Gasteiger partial charge is 0.330 e. The number of carbonyl (C=O) groups is 8. The van der Waals surface area contributed by atoms with Crippen LogP contribution in [-0.4, -0.2) is 200 Å². The van der Waals surface area contributed by atoms with Gasteiger partial charge in [-0.15, -0.1) is 10.2 Å². The van der Waals surface area contributed by atoms with Crippen molar-refractivity contribution >= 4 is 88.2 Å². The van der Waals surface area contributed by atoms with Crippen molar-refractivity contribution in [3.05, 3.63) is 117 Å². The monoisotopic (exact) mass is 1590 g/mol. The first-order valence-corrected chi connectivity index (χ1v) is 35.8. The molecule has 11 rings (SSSR count). The van der Waals surface area contributed by atoms with Gasteiger partial charge in [0.15, 0.2) is 29.9 Å². The van der Waals surface area contributed by atoms with Crippen LogP contribution in [0, 0.1) is 5.92 Å². The number of aliphatic hydroxyl groups is 5. The van der Waals surface area contributed by atoms with Crippen LogP contribution in [0.4, 0.5) is 5.95 Å². The Morgan fingerprint density at radius 1 is 0.800 bits per heavy atom. The number of aliphatic hydroxyl groups excluding tert-OH is 5. The molecule has 41 heteroatoms. The van der Waals surface area contributed by atoms with Crippen LogP contribution in [0.15, 0.2) is 84.0 Å². The highest BCUT2D eigenvalue weighted by atomic mass is 35.5. The Labute approximate surface area is 639 Å². The lowest BCUT2D eigenvalue weighted by Gasteiger charge is -2.47. The van der Waals surface area contributed by atoms with Gasteiger partial charge in [0.05, 0.1) is 46.7 Å². The summed E-state index contributed by atoms with van der Waals surface area (Å²) >= 11 is 15.1. The number of nitrogens with zero attached hydrogens (tertiary/aromatic N) is 3. The molecular formula is C69H83Cl2N15O23S. The summed E-state index contributed by atoms with van der Waals surface area (Å²) in [6.45, 7) is 8.04. The van der Waals surface area contributed by atoms with Crippen LogP contribution < -0.4 is 80.4 Å². The molecule has 2 saturated heterocycles. The van der Waals surface area contributed by atoms with Gasteiger partial charge in [-0.25, -0.2) is 15.3 Å². The number of amides is 7. The van der Waals surface area contributed by atoms with Gasteiger partial charge in [-0.2, -0.15) is 0 Å². The van der Waals surface area contributed by atoms with Crippen molar-refractivity contribution in [2.24, 2.45) is 29.0 Å². The second-order valence-electron chi connectivity index (χ2n) is 27.3. The molecule has 0 aliphatic carbocycles. The third kappa shape index (κ3) is 18.0. The minimum Gasteiger partial charge on any atom is -0.508 e. The van der Waals surface area contributed by atoms with Crippen molar-refractivity contribution in [2.75, 3.05) is 24.1 Å². The van der Waals surface area contributed by atoms with Crippen molar-refractivity contribution in [3.63, 3.8) is 0 Å². The van der Waals surface area contributed by atoms with E-state index in [1.165, 1.54) is 70.3 Å². The number of aliphatic carboxylic acids is 1. The van der Waals surface area contributed by atoms with E-state index in [1.54, 1.807) is 0 Å². The number of benzene rings is 5. The molecule has 0 radical (unpaired) electrons. The molecular weight excluding hydrogens is 1510 g/mol. The number of phenolic OH excluding ortho intramolecular Hbond substituents is 3.